The van der Waals surface area contributed by atoms with Crippen molar-refractivity contribution in [1.82, 2.24) is 14.5 Å². The van der Waals surface area contributed by atoms with Gasteiger partial charge in [0.2, 0.25) is 5.91 Å². The van der Waals surface area contributed by atoms with Gasteiger partial charge in [0.05, 0.1) is 6.54 Å². The van der Waals surface area contributed by atoms with E-state index in [9.17, 15) is 14.4 Å². The van der Waals surface area contributed by atoms with Gasteiger partial charge in [-0.1, -0.05) is 13.3 Å². The van der Waals surface area contributed by atoms with Crippen molar-refractivity contribution < 1.29 is 4.79 Å². The van der Waals surface area contributed by atoms with Crippen molar-refractivity contribution in [3.8, 4) is 0 Å². The van der Waals surface area contributed by atoms with Crippen LogP contribution in [0.1, 0.15) is 19.8 Å². The molecule has 0 aromatic carbocycles. The molecule has 0 aliphatic carbocycles. The predicted molar refractivity (Wildman–Crippen MR) is 77.8 cm³/mol. The third-order valence-electron chi connectivity index (χ3n) is 2.89. The average molecular weight is 283 g/mol. The van der Waals surface area contributed by atoms with Crippen LogP contribution in [0, 0.1) is 0 Å². The number of H-pyrrole nitrogens is 1. The van der Waals surface area contributed by atoms with Crippen LogP contribution >= 0.6 is 0 Å². The number of nitrogens with zero attached hydrogens (tertiary/aromatic N) is 2. The van der Waals surface area contributed by atoms with Crippen LogP contribution in [0.15, 0.2) is 9.59 Å². The molecule has 1 aromatic heterocycles. The lowest BCUT2D eigenvalue weighted by atomic mass is 10.3. The van der Waals surface area contributed by atoms with E-state index in [2.05, 4.69) is 10.3 Å². The van der Waals surface area contributed by atoms with E-state index in [0.717, 1.165) is 12.8 Å². The van der Waals surface area contributed by atoms with Gasteiger partial charge < -0.3 is 16.0 Å². The van der Waals surface area contributed by atoms with Crippen LogP contribution < -0.4 is 22.3 Å². The van der Waals surface area contributed by atoms with Crippen molar-refractivity contribution in [2.75, 3.05) is 31.7 Å². The average Bonchev–Trinajstić information content (AvgIpc) is 2.37. The van der Waals surface area contributed by atoms with E-state index in [1.54, 1.807) is 14.1 Å². The van der Waals surface area contributed by atoms with E-state index in [1.165, 1.54) is 9.47 Å². The van der Waals surface area contributed by atoms with Crippen LogP contribution in [-0.2, 0) is 11.3 Å². The molecule has 20 heavy (non-hydrogen) atoms. The summed E-state index contributed by atoms with van der Waals surface area (Å²) < 4.78 is 1.30. The number of likely N-dealkylation sites (N-methyl/N-ethyl adjacent to an activating group) is 1. The van der Waals surface area contributed by atoms with Gasteiger partial charge in [-0.2, -0.15) is 0 Å². The topological polar surface area (TPSA) is 113 Å². The van der Waals surface area contributed by atoms with Crippen molar-refractivity contribution >= 4 is 17.4 Å². The van der Waals surface area contributed by atoms with Gasteiger partial charge in [0, 0.05) is 20.6 Å². The van der Waals surface area contributed by atoms with Crippen LogP contribution in [-0.4, -0.2) is 41.0 Å². The predicted octanol–water partition coefficient (Wildman–Crippen LogP) is -0.581. The maximum atomic E-state index is 11.7. The van der Waals surface area contributed by atoms with Crippen LogP contribution in [0.5, 0.6) is 0 Å². The maximum Gasteiger partial charge on any atom is 0.330 e. The van der Waals surface area contributed by atoms with Crippen molar-refractivity contribution in [2.45, 2.75) is 26.3 Å². The zero-order chi connectivity index (χ0) is 15.3. The summed E-state index contributed by atoms with van der Waals surface area (Å²) in [4.78, 5) is 38.5. The number of hydrogen-bond donors (Lipinski definition) is 3. The Labute approximate surface area is 116 Å². The van der Waals surface area contributed by atoms with Gasteiger partial charge in [-0.05, 0) is 6.42 Å². The summed E-state index contributed by atoms with van der Waals surface area (Å²) in [5.74, 6) is -0.145. The fraction of sp³-hybridized carbons (Fsp3) is 0.583. The molecule has 0 spiro atoms. The van der Waals surface area contributed by atoms with Gasteiger partial charge in [-0.3, -0.25) is 19.1 Å². The molecule has 0 saturated carbocycles. The normalized spacial score (nSPS) is 10.3. The largest absolute Gasteiger partial charge is 0.383 e. The zero-order valence-corrected chi connectivity index (χ0v) is 12.0. The van der Waals surface area contributed by atoms with Crippen LogP contribution in [0.2, 0.25) is 0 Å². The van der Waals surface area contributed by atoms with E-state index in [0.29, 0.717) is 6.54 Å². The molecule has 1 amide bonds. The number of carbonyl (C=O) groups excluding carboxylic acids is 1. The summed E-state index contributed by atoms with van der Waals surface area (Å²) in [6.45, 7) is 2.35. The molecule has 8 nitrogen and oxygen atoms in total. The molecule has 1 heterocycles. The molecule has 0 unspecified atom stereocenters. The minimum atomic E-state index is -0.619. The molecule has 0 saturated heterocycles. The summed E-state index contributed by atoms with van der Waals surface area (Å²) in [6, 6.07) is 0. The molecular weight excluding hydrogens is 262 g/mol. The maximum absolute atomic E-state index is 11.7. The first-order valence-electron chi connectivity index (χ1n) is 6.45. The molecule has 0 radical (unpaired) electrons. The summed E-state index contributed by atoms with van der Waals surface area (Å²) in [6.07, 6.45) is 1.67. The number of nitrogens with one attached hydrogen (secondary N) is 2. The van der Waals surface area contributed by atoms with Gasteiger partial charge in [0.25, 0.3) is 5.56 Å². The van der Waals surface area contributed by atoms with Gasteiger partial charge in [-0.25, -0.2) is 4.79 Å². The first-order chi connectivity index (χ1) is 9.38. The second kappa shape index (κ2) is 6.78. The molecule has 1 rings (SSSR count). The number of aromatic amines is 1. The van der Waals surface area contributed by atoms with Crippen molar-refractivity contribution in [3.63, 3.8) is 0 Å². The Morgan fingerprint density at radius 2 is 2.05 bits per heavy atom. The van der Waals surface area contributed by atoms with Crippen LogP contribution in [0.25, 0.3) is 0 Å². The molecule has 4 N–H and O–H groups in total. The lowest BCUT2D eigenvalue weighted by molar-refractivity contribution is -0.126. The SMILES string of the molecule is CCCCn1c(N)c(NCC(=O)N(C)C)c(=O)[nH]c1=O. The Hall–Kier alpha value is -2.25. The first kappa shape index (κ1) is 15.8. The summed E-state index contributed by atoms with van der Waals surface area (Å²) in [5.41, 5.74) is 4.74. The Morgan fingerprint density at radius 3 is 2.60 bits per heavy atom. The van der Waals surface area contributed by atoms with Gasteiger partial charge >= 0.3 is 5.69 Å². The number of rotatable bonds is 6. The van der Waals surface area contributed by atoms with Crippen molar-refractivity contribution in [1.29, 1.82) is 0 Å². The highest BCUT2D eigenvalue weighted by Crippen LogP contribution is 2.10. The summed E-state index contributed by atoms with van der Waals surface area (Å²) >= 11 is 0. The number of unbranched alkanes of at least 4 members (excludes halogenated alkanes) is 1. The number of amides is 1. The van der Waals surface area contributed by atoms with E-state index >= 15 is 0 Å². The Kier molecular flexibility index (Phi) is 5.36. The number of nitrogens with two attached hydrogens (primary N) is 1. The lowest BCUT2D eigenvalue weighted by Crippen LogP contribution is -2.36. The fourth-order valence-electron chi connectivity index (χ4n) is 1.62. The van der Waals surface area contributed by atoms with Crippen molar-refractivity contribution in [3.05, 3.63) is 20.8 Å². The second-order valence-corrected chi connectivity index (χ2v) is 4.67. The summed E-state index contributed by atoms with van der Waals surface area (Å²) in [7, 11) is 3.22. The zero-order valence-electron chi connectivity index (χ0n) is 12.0. The van der Waals surface area contributed by atoms with Crippen molar-refractivity contribution in [2.24, 2.45) is 0 Å². The molecule has 8 heteroatoms. The minimum Gasteiger partial charge on any atom is -0.383 e. The molecule has 0 atom stereocenters. The molecule has 0 fully saturated rings. The van der Waals surface area contributed by atoms with Gasteiger partial charge in [0.15, 0.2) is 0 Å². The van der Waals surface area contributed by atoms with E-state index in [1.807, 2.05) is 6.92 Å². The summed E-state index contributed by atoms with van der Waals surface area (Å²) in [5, 5.41) is 2.69. The highest BCUT2D eigenvalue weighted by atomic mass is 16.2. The minimum absolute atomic E-state index is 0.0518. The van der Waals surface area contributed by atoms with E-state index in [4.69, 9.17) is 5.73 Å². The van der Waals surface area contributed by atoms with Gasteiger partial charge in [-0.15, -0.1) is 0 Å². The van der Waals surface area contributed by atoms with Crippen LogP contribution in [0.3, 0.4) is 0 Å². The molecule has 0 aliphatic heterocycles. The Bertz CT molecular complexity index is 588. The van der Waals surface area contributed by atoms with E-state index in [-0.39, 0.29) is 24.0 Å². The smallest absolute Gasteiger partial charge is 0.330 e. The molecule has 0 bridgehead atoms. The molecule has 0 aliphatic rings. The number of carbonyl (C=O) groups is 1. The van der Waals surface area contributed by atoms with E-state index < -0.39 is 11.2 Å². The lowest BCUT2D eigenvalue weighted by Gasteiger charge is -2.15. The number of anilines is 2. The molecule has 1 aromatic rings. The van der Waals surface area contributed by atoms with Gasteiger partial charge in [0.1, 0.15) is 11.5 Å². The Morgan fingerprint density at radius 1 is 1.40 bits per heavy atom. The number of nitrogen functional groups attached to an aromatic ring is 1. The third kappa shape index (κ3) is 3.62. The highest BCUT2D eigenvalue weighted by Gasteiger charge is 2.13. The number of aromatic nitrogens is 2. The first-order valence-corrected chi connectivity index (χ1v) is 6.45. The fourth-order valence-corrected chi connectivity index (χ4v) is 1.62. The number of hydrogen-bond acceptors (Lipinski definition) is 5. The molecule has 112 valence electrons. The molecular formula is C12H21N5O3. The monoisotopic (exact) mass is 283 g/mol. The highest BCUT2D eigenvalue weighted by molar-refractivity contribution is 5.81. The van der Waals surface area contributed by atoms with Crippen LogP contribution in [0.4, 0.5) is 11.5 Å². The quantitative estimate of drug-likeness (QED) is 0.646. The standard InChI is InChI=1S/C12H21N5O3/c1-4-5-6-17-10(13)9(11(19)15-12(17)20)14-7-8(18)16(2)3/h14H,4-7,13H2,1-3H3,(H,15,19,20). The third-order valence-corrected chi connectivity index (χ3v) is 2.89. The Balaban J connectivity index is 3.04. The second-order valence-electron chi connectivity index (χ2n) is 4.67.